The first-order valence-electron chi connectivity index (χ1n) is 19.7. The molecule has 57 heavy (non-hydrogen) atoms. The van der Waals surface area contributed by atoms with Crippen LogP contribution in [0.2, 0.25) is 0 Å². The molecule has 0 atom stereocenters. The van der Waals surface area contributed by atoms with Gasteiger partial charge in [-0.15, -0.1) is 0 Å². The molecule has 2 aromatic heterocycles. The first kappa shape index (κ1) is 33.0. The lowest BCUT2D eigenvalue weighted by Gasteiger charge is -2.09. The molecule has 0 saturated carbocycles. The fraction of sp³-hybridized carbons (Fsp3) is 0.0182. The highest BCUT2D eigenvalue weighted by molar-refractivity contribution is 6.12. The van der Waals surface area contributed by atoms with E-state index in [4.69, 9.17) is 0 Å². The SMILES string of the molecule is C1=CCC=c2c(c3cc(-c4ccc5c(c4)c4cc(-c6ccc(-c7cccc(-c8ccccc8)c7)cc6)ccc4n5-c4ccccc4)ccc3n2-c2ccccc2)=C1. The number of hydrogen-bond donors (Lipinski definition) is 0. The minimum Gasteiger partial charge on any atom is -0.310 e. The molecule has 2 nitrogen and oxygen atoms in total. The zero-order chi connectivity index (χ0) is 37.7. The van der Waals surface area contributed by atoms with E-state index in [1.165, 1.54) is 93.5 Å². The number of para-hydroxylation sites is 2. The summed E-state index contributed by atoms with van der Waals surface area (Å²) in [5, 5.41) is 6.27. The van der Waals surface area contributed by atoms with Crippen molar-refractivity contribution in [1.29, 1.82) is 0 Å². The maximum Gasteiger partial charge on any atom is 0.0541 e. The van der Waals surface area contributed by atoms with Crippen LogP contribution in [-0.4, -0.2) is 9.13 Å². The Morgan fingerprint density at radius 2 is 0.754 bits per heavy atom. The molecule has 1 aliphatic rings. The van der Waals surface area contributed by atoms with E-state index in [9.17, 15) is 0 Å². The van der Waals surface area contributed by atoms with E-state index in [1.807, 2.05) is 0 Å². The van der Waals surface area contributed by atoms with E-state index in [0.29, 0.717) is 0 Å². The fourth-order valence-electron chi connectivity index (χ4n) is 8.77. The summed E-state index contributed by atoms with van der Waals surface area (Å²) >= 11 is 0. The van der Waals surface area contributed by atoms with Gasteiger partial charge in [0, 0.05) is 32.8 Å². The molecule has 0 N–H and O–H groups in total. The molecule has 0 aliphatic heterocycles. The number of benzene rings is 8. The molecule has 0 unspecified atom stereocenters. The lowest BCUT2D eigenvalue weighted by atomic mass is 9.96. The second-order valence-corrected chi connectivity index (χ2v) is 14.9. The summed E-state index contributed by atoms with van der Waals surface area (Å²) in [5.41, 5.74) is 15.7. The Labute approximate surface area is 331 Å². The van der Waals surface area contributed by atoms with Crippen molar-refractivity contribution in [2.75, 3.05) is 0 Å². The third kappa shape index (κ3) is 5.73. The lowest BCUT2D eigenvalue weighted by molar-refractivity contribution is 1.06. The summed E-state index contributed by atoms with van der Waals surface area (Å²) in [7, 11) is 0. The van der Waals surface area contributed by atoms with Crippen LogP contribution < -0.4 is 10.6 Å². The molecule has 0 saturated heterocycles. The second kappa shape index (κ2) is 13.7. The Bertz CT molecular complexity index is 3270. The van der Waals surface area contributed by atoms with Crippen LogP contribution in [0.25, 0.3) is 101 Å². The quantitative estimate of drug-likeness (QED) is 0.161. The molecule has 2 heteroatoms. The zero-order valence-electron chi connectivity index (χ0n) is 31.4. The van der Waals surface area contributed by atoms with Gasteiger partial charge in [-0.05, 0) is 118 Å². The van der Waals surface area contributed by atoms with Gasteiger partial charge in [-0.25, -0.2) is 0 Å². The highest BCUT2D eigenvalue weighted by Crippen LogP contribution is 2.38. The van der Waals surface area contributed by atoms with Crippen LogP contribution in [0.3, 0.4) is 0 Å². The Kier molecular flexibility index (Phi) is 7.93. The Morgan fingerprint density at radius 1 is 0.333 bits per heavy atom. The molecular formula is C55H38N2. The van der Waals surface area contributed by atoms with Crippen molar-refractivity contribution >= 4 is 44.9 Å². The number of rotatable bonds is 6. The highest BCUT2D eigenvalue weighted by atomic mass is 15.0. The van der Waals surface area contributed by atoms with Crippen molar-refractivity contribution in [2.24, 2.45) is 0 Å². The van der Waals surface area contributed by atoms with E-state index in [2.05, 4.69) is 228 Å². The van der Waals surface area contributed by atoms with Crippen LogP contribution in [0.15, 0.2) is 206 Å². The van der Waals surface area contributed by atoms with Gasteiger partial charge in [0.25, 0.3) is 0 Å². The highest BCUT2D eigenvalue weighted by Gasteiger charge is 2.16. The van der Waals surface area contributed by atoms with E-state index >= 15 is 0 Å². The summed E-state index contributed by atoms with van der Waals surface area (Å²) in [5.74, 6) is 0. The second-order valence-electron chi connectivity index (χ2n) is 14.9. The maximum atomic E-state index is 2.41. The van der Waals surface area contributed by atoms with Crippen molar-refractivity contribution in [2.45, 2.75) is 6.42 Å². The van der Waals surface area contributed by atoms with Crippen LogP contribution in [0.1, 0.15) is 6.42 Å². The predicted octanol–water partition coefficient (Wildman–Crippen LogP) is 12.9. The predicted molar refractivity (Wildman–Crippen MR) is 241 cm³/mol. The summed E-state index contributed by atoms with van der Waals surface area (Å²) in [6.07, 6.45) is 9.96. The minimum atomic E-state index is 0.913. The number of hydrogen-bond acceptors (Lipinski definition) is 0. The van der Waals surface area contributed by atoms with Gasteiger partial charge in [-0.1, -0.05) is 152 Å². The van der Waals surface area contributed by atoms with Gasteiger partial charge in [0.2, 0.25) is 0 Å². The molecule has 268 valence electrons. The third-order valence-electron chi connectivity index (χ3n) is 11.5. The van der Waals surface area contributed by atoms with Crippen molar-refractivity contribution in [3.05, 3.63) is 217 Å². The van der Waals surface area contributed by atoms with Gasteiger partial charge in [0.1, 0.15) is 0 Å². The van der Waals surface area contributed by atoms with Gasteiger partial charge < -0.3 is 9.13 Å². The average Bonchev–Trinajstić information content (AvgIpc) is 3.65. The Balaban J connectivity index is 1.04. The average molecular weight is 727 g/mol. The lowest BCUT2D eigenvalue weighted by Crippen LogP contribution is -2.27. The first-order chi connectivity index (χ1) is 28.3. The minimum absolute atomic E-state index is 0.913. The smallest absolute Gasteiger partial charge is 0.0541 e. The molecule has 0 spiro atoms. The monoisotopic (exact) mass is 726 g/mol. The van der Waals surface area contributed by atoms with E-state index in [-0.39, 0.29) is 0 Å². The van der Waals surface area contributed by atoms with Crippen molar-refractivity contribution < 1.29 is 0 Å². The molecule has 1 aliphatic carbocycles. The van der Waals surface area contributed by atoms with E-state index in [0.717, 1.165) is 12.1 Å². The standard InChI is InChI=1S/C55H38N2/c1-5-14-38(15-6-1)41-16-13-17-42(34-41)39-24-26-40(27-25-39)43-28-31-54-50(35-43)51-37-45(30-33-55(51)57(54)47-20-9-3-10-21-47)44-29-32-53-49(36-44)48-22-11-4-12-23-52(48)56(53)46-18-7-2-8-19-46/h1-11,13-37H,12H2. The molecule has 0 fully saturated rings. The topological polar surface area (TPSA) is 9.86 Å². The van der Waals surface area contributed by atoms with Crippen molar-refractivity contribution in [3.8, 4) is 55.9 Å². The van der Waals surface area contributed by atoms with Crippen LogP contribution in [0, 0.1) is 0 Å². The number of allylic oxidation sites excluding steroid dienone is 2. The third-order valence-corrected chi connectivity index (χ3v) is 11.5. The molecule has 2 heterocycles. The molecule has 10 aromatic rings. The van der Waals surface area contributed by atoms with Gasteiger partial charge in [0.05, 0.1) is 21.9 Å². The largest absolute Gasteiger partial charge is 0.310 e. The maximum absolute atomic E-state index is 2.41. The van der Waals surface area contributed by atoms with Gasteiger partial charge in [0.15, 0.2) is 0 Å². The van der Waals surface area contributed by atoms with Crippen LogP contribution in [0.4, 0.5) is 0 Å². The summed E-state index contributed by atoms with van der Waals surface area (Å²) in [6, 6.07) is 70.8. The van der Waals surface area contributed by atoms with E-state index in [1.54, 1.807) is 0 Å². The molecular weight excluding hydrogens is 689 g/mol. The molecule has 8 aromatic carbocycles. The number of nitrogens with zero attached hydrogens (tertiary/aromatic N) is 2. The van der Waals surface area contributed by atoms with Crippen LogP contribution >= 0.6 is 0 Å². The molecule has 0 bridgehead atoms. The Morgan fingerprint density at radius 3 is 1.33 bits per heavy atom. The van der Waals surface area contributed by atoms with Crippen molar-refractivity contribution in [1.82, 2.24) is 9.13 Å². The van der Waals surface area contributed by atoms with Gasteiger partial charge in [-0.3, -0.25) is 0 Å². The molecule has 11 rings (SSSR count). The molecule has 0 amide bonds. The summed E-state index contributed by atoms with van der Waals surface area (Å²) in [6.45, 7) is 0. The van der Waals surface area contributed by atoms with Crippen LogP contribution in [0.5, 0.6) is 0 Å². The number of aromatic nitrogens is 2. The normalized spacial score (nSPS) is 12.4. The Hall–Kier alpha value is -7.42. The summed E-state index contributed by atoms with van der Waals surface area (Å²) in [4.78, 5) is 0. The van der Waals surface area contributed by atoms with Crippen LogP contribution in [-0.2, 0) is 0 Å². The van der Waals surface area contributed by atoms with Crippen molar-refractivity contribution in [3.63, 3.8) is 0 Å². The number of fused-ring (bicyclic) bond motifs is 6. The zero-order valence-corrected chi connectivity index (χ0v) is 31.4. The molecule has 0 radical (unpaired) electrons. The van der Waals surface area contributed by atoms with E-state index < -0.39 is 0 Å². The summed E-state index contributed by atoms with van der Waals surface area (Å²) < 4.78 is 4.81. The fourth-order valence-corrected chi connectivity index (χ4v) is 8.77. The first-order valence-corrected chi connectivity index (χ1v) is 19.7. The van der Waals surface area contributed by atoms with Gasteiger partial charge in [-0.2, -0.15) is 0 Å². The van der Waals surface area contributed by atoms with Gasteiger partial charge >= 0.3 is 0 Å².